The largest absolute Gasteiger partial charge is 0.389 e. The molecule has 1 aliphatic rings. The Hall–Kier alpha value is -0.380. The lowest BCUT2D eigenvalue weighted by Gasteiger charge is -2.38. The van der Waals surface area contributed by atoms with Crippen molar-refractivity contribution in [2.75, 3.05) is 19.6 Å². The van der Waals surface area contributed by atoms with E-state index in [1.165, 1.54) is 5.56 Å². The molecule has 1 aromatic carbocycles. The second-order valence-electron chi connectivity index (χ2n) is 4.93. The SMILES string of the molecule is CCN1CCC(O)(Cc2ccccc2Br)CC1. The first-order valence-corrected chi connectivity index (χ1v) is 7.10. The Balaban J connectivity index is 2.01. The third-order valence-corrected chi connectivity index (χ3v) is 4.48. The van der Waals surface area contributed by atoms with Crippen molar-refractivity contribution in [3.8, 4) is 0 Å². The van der Waals surface area contributed by atoms with Crippen LogP contribution in [0.5, 0.6) is 0 Å². The van der Waals surface area contributed by atoms with E-state index >= 15 is 0 Å². The van der Waals surface area contributed by atoms with Gasteiger partial charge in [-0.1, -0.05) is 41.1 Å². The molecule has 0 spiro atoms. The van der Waals surface area contributed by atoms with Gasteiger partial charge in [0.2, 0.25) is 0 Å². The highest BCUT2D eigenvalue weighted by molar-refractivity contribution is 9.10. The summed E-state index contributed by atoms with van der Waals surface area (Å²) >= 11 is 3.55. The van der Waals surface area contributed by atoms with Crippen LogP contribution in [0.25, 0.3) is 0 Å². The minimum absolute atomic E-state index is 0.518. The molecule has 0 aliphatic carbocycles. The van der Waals surface area contributed by atoms with Crippen molar-refractivity contribution in [1.82, 2.24) is 4.90 Å². The van der Waals surface area contributed by atoms with Gasteiger partial charge >= 0.3 is 0 Å². The monoisotopic (exact) mass is 297 g/mol. The summed E-state index contributed by atoms with van der Waals surface area (Å²) in [5.41, 5.74) is 0.690. The molecule has 2 nitrogen and oxygen atoms in total. The van der Waals surface area contributed by atoms with Crippen LogP contribution in [0.15, 0.2) is 28.7 Å². The van der Waals surface area contributed by atoms with Crippen molar-refractivity contribution in [3.05, 3.63) is 34.3 Å². The maximum atomic E-state index is 10.6. The molecule has 0 unspecified atom stereocenters. The van der Waals surface area contributed by atoms with Crippen LogP contribution in [-0.4, -0.2) is 35.2 Å². The Morgan fingerprint density at radius 1 is 1.29 bits per heavy atom. The van der Waals surface area contributed by atoms with E-state index in [1.807, 2.05) is 18.2 Å². The molecule has 17 heavy (non-hydrogen) atoms. The average molecular weight is 298 g/mol. The summed E-state index contributed by atoms with van der Waals surface area (Å²) < 4.78 is 1.10. The van der Waals surface area contributed by atoms with Crippen molar-refractivity contribution in [2.45, 2.75) is 31.8 Å². The number of halogens is 1. The molecule has 1 aromatic rings. The van der Waals surface area contributed by atoms with E-state index in [0.29, 0.717) is 0 Å². The van der Waals surface area contributed by atoms with Gasteiger partial charge < -0.3 is 10.0 Å². The fourth-order valence-corrected chi connectivity index (χ4v) is 2.88. The lowest BCUT2D eigenvalue weighted by Crippen LogP contribution is -2.45. The van der Waals surface area contributed by atoms with E-state index in [9.17, 15) is 5.11 Å². The maximum absolute atomic E-state index is 10.6. The van der Waals surface area contributed by atoms with Crippen LogP contribution < -0.4 is 0 Å². The normalized spacial score (nSPS) is 20.4. The highest BCUT2D eigenvalue weighted by Crippen LogP contribution is 2.29. The van der Waals surface area contributed by atoms with Crippen LogP contribution in [-0.2, 0) is 6.42 Å². The van der Waals surface area contributed by atoms with Gasteiger partial charge in [-0.3, -0.25) is 0 Å². The number of aliphatic hydroxyl groups is 1. The van der Waals surface area contributed by atoms with Gasteiger partial charge in [-0.2, -0.15) is 0 Å². The van der Waals surface area contributed by atoms with Gasteiger partial charge in [0, 0.05) is 24.0 Å². The number of nitrogens with zero attached hydrogens (tertiary/aromatic N) is 1. The molecule has 0 aromatic heterocycles. The number of benzene rings is 1. The van der Waals surface area contributed by atoms with Crippen LogP contribution in [0.4, 0.5) is 0 Å². The summed E-state index contributed by atoms with van der Waals surface area (Å²) in [6.45, 7) is 5.29. The molecule has 0 atom stereocenters. The number of piperidine rings is 1. The summed E-state index contributed by atoms with van der Waals surface area (Å²) in [4.78, 5) is 2.40. The highest BCUT2D eigenvalue weighted by atomic mass is 79.9. The second-order valence-corrected chi connectivity index (χ2v) is 5.78. The fourth-order valence-electron chi connectivity index (χ4n) is 2.46. The second kappa shape index (κ2) is 5.51. The Kier molecular flexibility index (Phi) is 4.23. The molecular formula is C14H20BrNO. The molecular weight excluding hydrogens is 278 g/mol. The van der Waals surface area contributed by atoms with E-state index in [2.05, 4.69) is 33.8 Å². The maximum Gasteiger partial charge on any atom is 0.0712 e. The molecule has 0 saturated carbocycles. The van der Waals surface area contributed by atoms with Gasteiger partial charge in [-0.05, 0) is 31.0 Å². The quantitative estimate of drug-likeness (QED) is 0.927. The summed E-state index contributed by atoms with van der Waals surface area (Å²) in [5.74, 6) is 0. The van der Waals surface area contributed by atoms with Crippen molar-refractivity contribution in [1.29, 1.82) is 0 Å². The minimum atomic E-state index is -0.518. The molecule has 1 fully saturated rings. The van der Waals surface area contributed by atoms with Crippen LogP contribution in [0.2, 0.25) is 0 Å². The molecule has 3 heteroatoms. The first kappa shape index (κ1) is 13.1. The van der Waals surface area contributed by atoms with Crippen LogP contribution in [0.3, 0.4) is 0 Å². The molecule has 1 heterocycles. The van der Waals surface area contributed by atoms with Gasteiger partial charge in [0.1, 0.15) is 0 Å². The topological polar surface area (TPSA) is 23.5 Å². The number of hydrogen-bond donors (Lipinski definition) is 1. The van der Waals surface area contributed by atoms with Gasteiger partial charge in [-0.15, -0.1) is 0 Å². The van der Waals surface area contributed by atoms with Crippen molar-refractivity contribution in [3.63, 3.8) is 0 Å². The molecule has 0 amide bonds. The lowest BCUT2D eigenvalue weighted by atomic mass is 9.85. The first-order chi connectivity index (χ1) is 8.13. The predicted molar refractivity (Wildman–Crippen MR) is 74.1 cm³/mol. The number of rotatable bonds is 3. The zero-order valence-electron chi connectivity index (χ0n) is 10.3. The number of hydrogen-bond acceptors (Lipinski definition) is 2. The fraction of sp³-hybridized carbons (Fsp3) is 0.571. The van der Waals surface area contributed by atoms with Gasteiger partial charge in [0.05, 0.1) is 5.60 Å². The summed E-state index contributed by atoms with van der Waals surface area (Å²) in [6.07, 6.45) is 2.51. The average Bonchev–Trinajstić information content (AvgIpc) is 2.33. The molecule has 2 rings (SSSR count). The van der Waals surface area contributed by atoms with E-state index in [-0.39, 0.29) is 0 Å². The molecule has 1 saturated heterocycles. The van der Waals surface area contributed by atoms with E-state index < -0.39 is 5.60 Å². The Morgan fingerprint density at radius 2 is 1.94 bits per heavy atom. The molecule has 1 N–H and O–H groups in total. The standard InChI is InChI=1S/C14H20BrNO/c1-2-16-9-7-14(17,8-10-16)11-12-5-3-4-6-13(12)15/h3-6,17H,2,7-11H2,1H3. The summed E-state index contributed by atoms with van der Waals surface area (Å²) in [6, 6.07) is 8.18. The van der Waals surface area contributed by atoms with E-state index in [4.69, 9.17) is 0 Å². The van der Waals surface area contributed by atoms with E-state index in [0.717, 1.165) is 43.4 Å². The van der Waals surface area contributed by atoms with Crippen molar-refractivity contribution >= 4 is 15.9 Å². The van der Waals surface area contributed by atoms with Crippen LogP contribution >= 0.6 is 15.9 Å². The Morgan fingerprint density at radius 3 is 2.53 bits per heavy atom. The highest BCUT2D eigenvalue weighted by Gasteiger charge is 2.32. The van der Waals surface area contributed by atoms with Gasteiger partial charge in [0.15, 0.2) is 0 Å². The summed E-state index contributed by atoms with van der Waals surface area (Å²) in [7, 11) is 0. The Bertz CT molecular complexity index is 372. The number of likely N-dealkylation sites (tertiary alicyclic amines) is 1. The zero-order valence-corrected chi connectivity index (χ0v) is 11.9. The van der Waals surface area contributed by atoms with Crippen LogP contribution in [0, 0.1) is 0 Å². The first-order valence-electron chi connectivity index (χ1n) is 6.31. The zero-order chi connectivity index (χ0) is 12.3. The summed E-state index contributed by atoms with van der Waals surface area (Å²) in [5, 5.41) is 10.6. The lowest BCUT2D eigenvalue weighted by molar-refractivity contribution is -0.0195. The Labute approximate surface area is 112 Å². The molecule has 0 bridgehead atoms. The van der Waals surface area contributed by atoms with E-state index in [1.54, 1.807) is 0 Å². The molecule has 94 valence electrons. The minimum Gasteiger partial charge on any atom is -0.389 e. The third kappa shape index (κ3) is 3.30. The van der Waals surface area contributed by atoms with Crippen LogP contribution in [0.1, 0.15) is 25.3 Å². The predicted octanol–water partition coefficient (Wildman–Crippen LogP) is 2.84. The smallest absolute Gasteiger partial charge is 0.0712 e. The third-order valence-electron chi connectivity index (χ3n) is 3.71. The molecule has 0 radical (unpaired) electrons. The van der Waals surface area contributed by atoms with Crippen molar-refractivity contribution in [2.24, 2.45) is 0 Å². The molecule has 1 aliphatic heterocycles. The van der Waals surface area contributed by atoms with Gasteiger partial charge in [-0.25, -0.2) is 0 Å². The van der Waals surface area contributed by atoms with Crippen molar-refractivity contribution < 1.29 is 5.11 Å². The van der Waals surface area contributed by atoms with Gasteiger partial charge in [0.25, 0.3) is 0 Å².